The maximum atomic E-state index is 13.3. The maximum absolute atomic E-state index is 13.3. The molecule has 0 fully saturated rings. The summed E-state index contributed by atoms with van der Waals surface area (Å²) < 4.78 is 13.3. The molecule has 7 heteroatoms. The van der Waals surface area contributed by atoms with Crippen LogP contribution in [0.1, 0.15) is 38.7 Å². The van der Waals surface area contributed by atoms with Gasteiger partial charge in [-0.25, -0.2) is 9.18 Å². The van der Waals surface area contributed by atoms with E-state index in [0.717, 1.165) is 6.42 Å². The molecule has 6 nitrogen and oxygen atoms in total. The van der Waals surface area contributed by atoms with Crippen LogP contribution in [0.2, 0.25) is 0 Å². The molecule has 0 aliphatic rings. The molecule has 0 aromatic heterocycles. The molecule has 0 aliphatic heterocycles. The number of carboxylic acid groups (broad SMARTS) is 1. The summed E-state index contributed by atoms with van der Waals surface area (Å²) in [4.78, 5) is 34.9. The molecule has 2 atom stereocenters. The number of hydrogen-bond donors (Lipinski definition) is 3. The van der Waals surface area contributed by atoms with Crippen LogP contribution in [0.4, 0.5) is 4.39 Å². The summed E-state index contributed by atoms with van der Waals surface area (Å²) in [5.74, 6) is -2.59. The molecule has 0 heterocycles. The number of carbonyl (C=O) groups is 3. The van der Waals surface area contributed by atoms with Gasteiger partial charge in [-0.1, -0.05) is 31.9 Å². The number of carboxylic acids is 1. The van der Waals surface area contributed by atoms with E-state index in [1.54, 1.807) is 6.07 Å². The van der Waals surface area contributed by atoms with E-state index in [4.69, 9.17) is 0 Å². The molecule has 1 aromatic carbocycles. The second-order valence-corrected chi connectivity index (χ2v) is 5.63. The number of halogens is 1. The van der Waals surface area contributed by atoms with E-state index in [1.807, 2.05) is 6.92 Å². The molecule has 2 amide bonds. The summed E-state index contributed by atoms with van der Waals surface area (Å²) in [7, 11) is 0. The second kappa shape index (κ2) is 9.64. The van der Waals surface area contributed by atoms with Gasteiger partial charge in [-0.3, -0.25) is 9.59 Å². The van der Waals surface area contributed by atoms with Crippen LogP contribution in [0.5, 0.6) is 0 Å². The molecule has 24 heavy (non-hydrogen) atoms. The van der Waals surface area contributed by atoms with Gasteiger partial charge < -0.3 is 15.7 Å². The quantitative estimate of drug-likeness (QED) is 0.638. The molecular formula is C17H23FN2O4. The second-order valence-electron chi connectivity index (χ2n) is 5.63. The van der Waals surface area contributed by atoms with Crippen LogP contribution in [0, 0.1) is 5.82 Å². The van der Waals surface area contributed by atoms with Crippen LogP contribution in [0.25, 0.3) is 0 Å². The minimum atomic E-state index is -1.12. The van der Waals surface area contributed by atoms with Crippen molar-refractivity contribution in [1.82, 2.24) is 10.6 Å². The molecule has 0 bridgehead atoms. The number of nitrogens with one attached hydrogen (secondary N) is 2. The highest BCUT2D eigenvalue weighted by molar-refractivity contribution is 5.90. The zero-order valence-corrected chi connectivity index (χ0v) is 13.8. The molecule has 0 radical (unpaired) electrons. The molecule has 1 rings (SSSR count). The normalized spacial score (nSPS) is 13.0. The van der Waals surface area contributed by atoms with Crippen molar-refractivity contribution in [2.45, 2.75) is 51.6 Å². The Kier molecular flexibility index (Phi) is 7.88. The van der Waals surface area contributed by atoms with Crippen molar-refractivity contribution in [1.29, 1.82) is 0 Å². The Bertz CT molecular complexity index is 592. The third kappa shape index (κ3) is 6.76. The van der Waals surface area contributed by atoms with Gasteiger partial charge in [0.05, 0.1) is 0 Å². The Labute approximate surface area is 140 Å². The number of carbonyl (C=O) groups excluding carboxylic acids is 2. The van der Waals surface area contributed by atoms with Crippen molar-refractivity contribution >= 4 is 17.8 Å². The Morgan fingerprint density at radius 2 is 1.92 bits per heavy atom. The van der Waals surface area contributed by atoms with Crippen molar-refractivity contribution in [3.8, 4) is 0 Å². The van der Waals surface area contributed by atoms with Gasteiger partial charge in [0.15, 0.2) is 0 Å². The van der Waals surface area contributed by atoms with E-state index in [0.29, 0.717) is 18.4 Å². The van der Waals surface area contributed by atoms with Gasteiger partial charge in [0.1, 0.15) is 17.9 Å². The van der Waals surface area contributed by atoms with Crippen molar-refractivity contribution < 1.29 is 23.9 Å². The largest absolute Gasteiger partial charge is 0.480 e. The number of aliphatic carboxylic acids is 1. The molecule has 0 saturated carbocycles. The molecule has 0 aliphatic carbocycles. The van der Waals surface area contributed by atoms with Gasteiger partial charge in [0.25, 0.3) is 0 Å². The van der Waals surface area contributed by atoms with E-state index < -0.39 is 35.7 Å². The highest BCUT2D eigenvalue weighted by atomic mass is 19.1. The van der Waals surface area contributed by atoms with Crippen molar-refractivity contribution in [2.24, 2.45) is 0 Å². The van der Waals surface area contributed by atoms with Crippen LogP contribution in [-0.4, -0.2) is 35.0 Å². The first-order valence-electron chi connectivity index (χ1n) is 7.88. The Hall–Kier alpha value is -2.44. The van der Waals surface area contributed by atoms with Gasteiger partial charge in [-0.05, 0) is 24.1 Å². The first-order valence-corrected chi connectivity index (χ1v) is 7.88. The molecule has 1 aromatic rings. The predicted molar refractivity (Wildman–Crippen MR) is 86.8 cm³/mol. The zero-order chi connectivity index (χ0) is 18.1. The summed E-state index contributed by atoms with van der Waals surface area (Å²) in [5, 5.41) is 14.1. The summed E-state index contributed by atoms with van der Waals surface area (Å²) in [6.07, 6.45) is 1.84. The lowest BCUT2D eigenvalue weighted by Gasteiger charge is -2.21. The minimum Gasteiger partial charge on any atom is -0.480 e. The average molecular weight is 338 g/mol. The summed E-state index contributed by atoms with van der Waals surface area (Å²) >= 11 is 0. The molecule has 0 spiro atoms. The Morgan fingerprint density at radius 1 is 1.21 bits per heavy atom. The van der Waals surface area contributed by atoms with Crippen LogP contribution in [0.3, 0.4) is 0 Å². The van der Waals surface area contributed by atoms with Crippen molar-refractivity contribution in [3.63, 3.8) is 0 Å². The topological polar surface area (TPSA) is 95.5 Å². The fraction of sp³-hybridized carbons (Fsp3) is 0.471. The first kappa shape index (κ1) is 19.6. The van der Waals surface area contributed by atoms with Crippen LogP contribution in [0.15, 0.2) is 24.3 Å². The first-order chi connectivity index (χ1) is 11.3. The minimum absolute atomic E-state index is 0.0727. The number of benzene rings is 1. The lowest BCUT2D eigenvalue weighted by Crippen LogP contribution is -2.52. The van der Waals surface area contributed by atoms with E-state index in [-0.39, 0.29) is 6.42 Å². The van der Waals surface area contributed by atoms with Crippen LogP contribution < -0.4 is 10.6 Å². The average Bonchev–Trinajstić information content (AvgIpc) is 2.49. The van der Waals surface area contributed by atoms with Crippen LogP contribution in [-0.2, 0) is 20.8 Å². The SMILES string of the molecule is CCCC[C@@H](NC(=O)[C@H](Cc1cccc(F)c1)NC(C)=O)C(=O)O. The lowest BCUT2D eigenvalue weighted by molar-refractivity contribution is -0.142. The molecule has 0 saturated heterocycles. The molecule has 3 N–H and O–H groups in total. The fourth-order valence-electron chi connectivity index (χ4n) is 2.29. The lowest BCUT2D eigenvalue weighted by atomic mass is 10.0. The third-order valence-corrected chi connectivity index (χ3v) is 3.48. The van der Waals surface area contributed by atoms with Gasteiger partial charge in [0.2, 0.25) is 11.8 Å². The standard InChI is InChI=1S/C17H23FN2O4/c1-3-4-8-14(17(23)24)20-16(22)15(19-11(2)21)10-12-6-5-7-13(18)9-12/h5-7,9,14-15H,3-4,8,10H2,1-2H3,(H,19,21)(H,20,22)(H,23,24)/t14-,15+/m1/s1. The molecule has 132 valence electrons. The fourth-order valence-corrected chi connectivity index (χ4v) is 2.29. The summed E-state index contributed by atoms with van der Waals surface area (Å²) in [5.41, 5.74) is 0.532. The van der Waals surface area contributed by atoms with Gasteiger partial charge in [-0.15, -0.1) is 0 Å². The van der Waals surface area contributed by atoms with Gasteiger partial charge >= 0.3 is 5.97 Å². The van der Waals surface area contributed by atoms with E-state index in [1.165, 1.54) is 25.1 Å². The third-order valence-electron chi connectivity index (χ3n) is 3.48. The molecular weight excluding hydrogens is 315 g/mol. The molecule has 0 unspecified atom stereocenters. The van der Waals surface area contributed by atoms with E-state index in [2.05, 4.69) is 10.6 Å². The van der Waals surface area contributed by atoms with E-state index >= 15 is 0 Å². The van der Waals surface area contributed by atoms with Gasteiger partial charge in [-0.2, -0.15) is 0 Å². The number of amides is 2. The number of hydrogen-bond acceptors (Lipinski definition) is 3. The van der Waals surface area contributed by atoms with Crippen molar-refractivity contribution in [2.75, 3.05) is 0 Å². The number of unbranched alkanes of at least 4 members (excludes halogenated alkanes) is 1. The van der Waals surface area contributed by atoms with Gasteiger partial charge in [0, 0.05) is 13.3 Å². The smallest absolute Gasteiger partial charge is 0.326 e. The monoisotopic (exact) mass is 338 g/mol. The zero-order valence-electron chi connectivity index (χ0n) is 13.8. The number of rotatable bonds is 9. The summed E-state index contributed by atoms with van der Waals surface area (Å²) in [6.45, 7) is 3.18. The predicted octanol–water partition coefficient (Wildman–Crippen LogP) is 1.63. The van der Waals surface area contributed by atoms with E-state index in [9.17, 15) is 23.9 Å². The highest BCUT2D eigenvalue weighted by Gasteiger charge is 2.25. The highest BCUT2D eigenvalue weighted by Crippen LogP contribution is 2.08. The maximum Gasteiger partial charge on any atom is 0.326 e. The van der Waals surface area contributed by atoms with Crippen molar-refractivity contribution in [3.05, 3.63) is 35.6 Å². The summed E-state index contributed by atoms with van der Waals surface area (Å²) in [6, 6.07) is 3.72. The van der Waals surface area contributed by atoms with Crippen LogP contribution >= 0.6 is 0 Å². The Morgan fingerprint density at radius 3 is 2.46 bits per heavy atom. The Balaban J connectivity index is 2.83.